The number of aromatic nitrogens is 2. The van der Waals surface area contributed by atoms with Crippen LogP contribution in [0.15, 0.2) is 24.3 Å². The van der Waals surface area contributed by atoms with Crippen molar-refractivity contribution in [3.05, 3.63) is 30.1 Å². The monoisotopic (exact) mass is 270 g/mol. The fraction of sp³-hybridized carbons (Fsp3) is 0.500. The van der Waals surface area contributed by atoms with E-state index in [9.17, 15) is 5.26 Å². The van der Waals surface area contributed by atoms with Crippen molar-refractivity contribution in [1.29, 1.82) is 5.26 Å². The maximum atomic E-state index is 9.33. The third-order valence-corrected chi connectivity index (χ3v) is 3.93. The van der Waals surface area contributed by atoms with Gasteiger partial charge in [-0.25, -0.2) is 4.98 Å². The second kappa shape index (κ2) is 5.64. The summed E-state index contributed by atoms with van der Waals surface area (Å²) in [7, 11) is 1.84. The van der Waals surface area contributed by atoms with Crippen LogP contribution in [0, 0.1) is 11.3 Å². The van der Waals surface area contributed by atoms with Crippen molar-refractivity contribution in [2.75, 3.05) is 7.05 Å². The topological polar surface area (TPSA) is 53.6 Å². The number of hydrogen-bond donors (Lipinski definition) is 1. The molecule has 0 saturated carbocycles. The minimum Gasteiger partial charge on any atom is -0.325 e. The summed E-state index contributed by atoms with van der Waals surface area (Å²) in [4.78, 5) is 4.69. The predicted octanol–water partition coefficient (Wildman–Crippen LogP) is 3.05. The van der Waals surface area contributed by atoms with Crippen LogP contribution in [0.3, 0.4) is 0 Å². The van der Waals surface area contributed by atoms with Crippen molar-refractivity contribution in [3.63, 3.8) is 0 Å². The normalized spacial score (nSPS) is 15.8. The standard InChI is InChI=1S/C16H22N4/c1-5-15-19-13-8-6-7-9-14(13)20(15)12(2)10-16(3,11-17)18-4/h6-9,12,18H,5,10H2,1-4H3. The highest BCUT2D eigenvalue weighted by Gasteiger charge is 2.26. The lowest BCUT2D eigenvalue weighted by Gasteiger charge is -2.26. The minimum absolute atomic E-state index is 0.217. The number of fused-ring (bicyclic) bond motifs is 1. The van der Waals surface area contributed by atoms with Gasteiger partial charge < -0.3 is 9.88 Å². The summed E-state index contributed by atoms with van der Waals surface area (Å²) in [6.07, 6.45) is 1.63. The van der Waals surface area contributed by atoms with Crippen molar-refractivity contribution in [3.8, 4) is 6.07 Å². The van der Waals surface area contributed by atoms with Crippen LogP contribution in [0.4, 0.5) is 0 Å². The van der Waals surface area contributed by atoms with Crippen molar-refractivity contribution in [1.82, 2.24) is 14.9 Å². The molecule has 0 aliphatic rings. The van der Waals surface area contributed by atoms with E-state index in [4.69, 9.17) is 4.98 Å². The van der Waals surface area contributed by atoms with E-state index in [1.807, 2.05) is 32.2 Å². The first kappa shape index (κ1) is 14.5. The van der Waals surface area contributed by atoms with Crippen LogP contribution in [-0.2, 0) is 6.42 Å². The first-order chi connectivity index (χ1) is 9.54. The molecule has 4 heteroatoms. The van der Waals surface area contributed by atoms with Crippen molar-refractivity contribution in [2.45, 2.75) is 45.2 Å². The molecule has 2 aromatic rings. The van der Waals surface area contributed by atoms with Gasteiger partial charge in [-0.05, 0) is 39.4 Å². The Morgan fingerprint density at radius 3 is 2.75 bits per heavy atom. The molecule has 20 heavy (non-hydrogen) atoms. The molecule has 1 heterocycles. The second-order valence-corrected chi connectivity index (χ2v) is 5.49. The number of para-hydroxylation sites is 2. The average Bonchev–Trinajstić information content (AvgIpc) is 2.85. The van der Waals surface area contributed by atoms with Gasteiger partial charge in [0.15, 0.2) is 0 Å². The molecule has 0 radical (unpaired) electrons. The molecule has 0 saturated heterocycles. The molecule has 4 nitrogen and oxygen atoms in total. The quantitative estimate of drug-likeness (QED) is 0.908. The number of rotatable bonds is 5. The molecule has 0 fully saturated rings. The summed E-state index contributed by atoms with van der Waals surface area (Å²) < 4.78 is 2.27. The van der Waals surface area contributed by atoms with E-state index in [1.54, 1.807) is 0 Å². The van der Waals surface area contributed by atoms with Gasteiger partial charge in [0.1, 0.15) is 11.4 Å². The molecular formula is C16H22N4. The molecule has 1 aromatic heterocycles. The Labute approximate surface area is 120 Å². The van der Waals surface area contributed by atoms with E-state index < -0.39 is 5.54 Å². The molecule has 0 aliphatic carbocycles. The number of imidazole rings is 1. The largest absolute Gasteiger partial charge is 0.325 e. The Balaban J connectivity index is 2.44. The number of aryl methyl sites for hydroxylation is 1. The molecule has 1 aromatic carbocycles. The highest BCUT2D eigenvalue weighted by Crippen LogP contribution is 2.27. The van der Waals surface area contributed by atoms with Crippen molar-refractivity contribution < 1.29 is 0 Å². The summed E-state index contributed by atoms with van der Waals surface area (Å²) in [6, 6.07) is 10.8. The van der Waals surface area contributed by atoms with Crippen LogP contribution in [0.2, 0.25) is 0 Å². The fourth-order valence-electron chi connectivity index (χ4n) is 2.72. The van der Waals surface area contributed by atoms with Crippen LogP contribution < -0.4 is 5.32 Å². The Hall–Kier alpha value is -1.86. The van der Waals surface area contributed by atoms with Crippen LogP contribution in [0.5, 0.6) is 0 Å². The highest BCUT2D eigenvalue weighted by molar-refractivity contribution is 5.76. The molecule has 2 atom stereocenters. The highest BCUT2D eigenvalue weighted by atomic mass is 15.1. The van der Waals surface area contributed by atoms with Gasteiger partial charge in [-0.1, -0.05) is 19.1 Å². The summed E-state index contributed by atoms with van der Waals surface area (Å²) in [6.45, 7) is 6.21. The SMILES string of the molecule is CCc1nc2ccccc2n1C(C)CC(C)(C#N)NC. The average molecular weight is 270 g/mol. The van der Waals surface area contributed by atoms with Crippen molar-refractivity contribution in [2.24, 2.45) is 0 Å². The van der Waals surface area contributed by atoms with Gasteiger partial charge in [-0.2, -0.15) is 5.26 Å². The first-order valence-electron chi connectivity index (χ1n) is 7.10. The van der Waals surface area contributed by atoms with Crippen LogP contribution >= 0.6 is 0 Å². The molecule has 0 spiro atoms. The lowest BCUT2D eigenvalue weighted by atomic mass is 9.95. The molecule has 0 aliphatic heterocycles. The second-order valence-electron chi connectivity index (χ2n) is 5.49. The molecule has 1 N–H and O–H groups in total. The first-order valence-corrected chi connectivity index (χ1v) is 7.10. The zero-order valence-electron chi connectivity index (χ0n) is 12.6. The van der Waals surface area contributed by atoms with Gasteiger partial charge in [-0.15, -0.1) is 0 Å². The molecule has 2 rings (SSSR count). The Bertz CT molecular complexity index is 637. The molecule has 106 valence electrons. The Morgan fingerprint density at radius 1 is 1.45 bits per heavy atom. The van der Waals surface area contributed by atoms with Gasteiger partial charge >= 0.3 is 0 Å². The smallest absolute Gasteiger partial charge is 0.109 e. The van der Waals surface area contributed by atoms with E-state index in [0.29, 0.717) is 0 Å². The maximum Gasteiger partial charge on any atom is 0.109 e. The van der Waals surface area contributed by atoms with E-state index in [2.05, 4.69) is 35.9 Å². The lowest BCUT2D eigenvalue weighted by Crippen LogP contribution is -2.40. The van der Waals surface area contributed by atoms with Crippen LogP contribution in [0.25, 0.3) is 11.0 Å². The number of hydrogen-bond acceptors (Lipinski definition) is 3. The zero-order chi connectivity index (χ0) is 14.8. The van der Waals surface area contributed by atoms with Gasteiger partial charge in [0.2, 0.25) is 0 Å². The van der Waals surface area contributed by atoms with Gasteiger partial charge in [0, 0.05) is 12.5 Å². The lowest BCUT2D eigenvalue weighted by molar-refractivity contribution is 0.367. The maximum absolute atomic E-state index is 9.33. The summed E-state index contributed by atoms with van der Waals surface area (Å²) in [5, 5.41) is 12.4. The molecule has 2 unspecified atom stereocenters. The van der Waals surface area contributed by atoms with Crippen LogP contribution in [-0.4, -0.2) is 22.1 Å². The number of nitrogens with zero attached hydrogens (tertiary/aromatic N) is 3. The molecule has 0 amide bonds. The Kier molecular flexibility index (Phi) is 4.10. The minimum atomic E-state index is -0.518. The van der Waals surface area contributed by atoms with E-state index >= 15 is 0 Å². The van der Waals surface area contributed by atoms with E-state index in [1.165, 1.54) is 0 Å². The van der Waals surface area contributed by atoms with Gasteiger partial charge in [0.05, 0.1) is 17.1 Å². The van der Waals surface area contributed by atoms with E-state index in [0.717, 1.165) is 29.7 Å². The fourth-order valence-corrected chi connectivity index (χ4v) is 2.72. The Morgan fingerprint density at radius 2 is 2.15 bits per heavy atom. The summed E-state index contributed by atoms with van der Waals surface area (Å²) in [5.41, 5.74) is 1.66. The molecule has 0 bridgehead atoms. The zero-order valence-corrected chi connectivity index (χ0v) is 12.6. The number of benzene rings is 1. The predicted molar refractivity (Wildman–Crippen MR) is 81.5 cm³/mol. The molecular weight excluding hydrogens is 248 g/mol. The number of nitrogens with one attached hydrogen (secondary N) is 1. The number of nitriles is 1. The van der Waals surface area contributed by atoms with Gasteiger partial charge in [0.25, 0.3) is 0 Å². The summed E-state index contributed by atoms with van der Waals surface area (Å²) >= 11 is 0. The van der Waals surface area contributed by atoms with Crippen LogP contribution in [0.1, 0.15) is 39.1 Å². The summed E-state index contributed by atoms with van der Waals surface area (Å²) in [5.74, 6) is 1.08. The van der Waals surface area contributed by atoms with E-state index in [-0.39, 0.29) is 6.04 Å². The van der Waals surface area contributed by atoms with Gasteiger partial charge in [-0.3, -0.25) is 0 Å². The third-order valence-electron chi connectivity index (χ3n) is 3.93. The third kappa shape index (κ3) is 2.54. The van der Waals surface area contributed by atoms with Crippen molar-refractivity contribution >= 4 is 11.0 Å².